The summed E-state index contributed by atoms with van der Waals surface area (Å²) < 4.78 is 39.0. The number of aryl methyl sites for hydroxylation is 1. The van der Waals surface area contributed by atoms with Crippen molar-refractivity contribution in [2.45, 2.75) is 64.0 Å². The second-order valence-electron chi connectivity index (χ2n) is 11.5. The minimum atomic E-state index is -3.97. The molecule has 222 valence electrons. The molecule has 4 aromatic carbocycles. The summed E-state index contributed by atoms with van der Waals surface area (Å²) in [4.78, 5) is 17.9. The summed E-state index contributed by atoms with van der Waals surface area (Å²) in [5, 5.41) is 0. The van der Waals surface area contributed by atoms with E-state index in [4.69, 9.17) is 13.9 Å². The molecule has 5 aromatic rings. The normalized spacial score (nSPS) is 11.9. The molecule has 7 nitrogen and oxygen atoms in total. The molecule has 0 unspecified atom stereocenters. The molecule has 5 rings (SSSR count). The zero-order chi connectivity index (χ0) is 30.6. The molecule has 0 fully saturated rings. The van der Waals surface area contributed by atoms with Crippen LogP contribution in [-0.2, 0) is 27.8 Å². The second kappa shape index (κ2) is 12.4. The van der Waals surface area contributed by atoms with E-state index in [1.54, 1.807) is 42.5 Å². The summed E-state index contributed by atoms with van der Waals surface area (Å²) in [6, 6.07) is 28.8. The molecule has 43 heavy (non-hydrogen) atoms. The van der Waals surface area contributed by atoms with Crippen LogP contribution in [0.5, 0.6) is 5.75 Å². The quantitative estimate of drug-likeness (QED) is 0.121. The van der Waals surface area contributed by atoms with E-state index in [0.29, 0.717) is 12.1 Å². The summed E-state index contributed by atoms with van der Waals surface area (Å²) >= 11 is 0. The average molecular weight is 597 g/mol. The Balaban J connectivity index is 1.45. The van der Waals surface area contributed by atoms with E-state index in [1.807, 2.05) is 63.2 Å². The van der Waals surface area contributed by atoms with Crippen LogP contribution in [0.2, 0.25) is 0 Å². The molecular formula is C35H36N2O5S. The van der Waals surface area contributed by atoms with Gasteiger partial charge in [-0.05, 0) is 74.2 Å². The van der Waals surface area contributed by atoms with E-state index in [0.717, 1.165) is 52.8 Å². The van der Waals surface area contributed by atoms with E-state index >= 15 is 0 Å². The maximum absolute atomic E-state index is 12.9. The van der Waals surface area contributed by atoms with Crippen molar-refractivity contribution in [3.8, 4) is 16.9 Å². The highest BCUT2D eigenvalue weighted by molar-refractivity contribution is 7.87. The van der Waals surface area contributed by atoms with Crippen LogP contribution in [0.4, 0.5) is 0 Å². The number of carbonyl (C=O) groups excluding carboxylic acids is 1. The van der Waals surface area contributed by atoms with Crippen LogP contribution in [-0.4, -0.2) is 29.5 Å². The van der Waals surface area contributed by atoms with Gasteiger partial charge in [-0.1, -0.05) is 74.0 Å². The van der Waals surface area contributed by atoms with Gasteiger partial charge in [0.25, 0.3) is 0 Å². The minimum absolute atomic E-state index is 0.0978. The Kier molecular flexibility index (Phi) is 8.69. The fourth-order valence-electron chi connectivity index (χ4n) is 4.89. The summed E-state index contributed by atoms with van der Waals surface area (Å²) in [6.07, 6.45) is 2.80. The molecule has 0 radical (unpaired) electrons. The van der Waals surface area contributed by atoms with Gasteiger partial charge in [0.15, 0.2) is 0 Å². The van der Waals surface area contributed by atoms with Gasteiger partial charge in [0.2, 0.25) is 0 Å². The third-order valence-corrected chi connectivity index (χ3v) is 8.20. The lowest BCUT2D eigenvalue weighted by Gasteiger charge is -2.20. The number of aromatic nitrogens is 2. The number of hydrogen-bond acceptors (Lipinski definition) is 6. The maximum atomic E-state index is 12.9. The number of hydrogen-bond donors (Lipinski definition) is 0. The molecule has 0 amide bonds. The highest BCUT2D eigenvalue weighted by atomic mass is 32.2. The summed E-state index contributed by atoms with van der Waals surface area (Å²) in [5.74, 6) is 0.804. The molecule has 0 atom stereocenters. The molecule has 0 N–H and O–H groups in total. The number of esters is 1. The fourth-order valence-corrected chi connectivity index (χ4v) is 5.83. The van der Waals surface area contributed by atoms with Crippen molar-refractivity contribution in [3.05, 3.63) is 114 Å². The van der Waals surface area contributed by atoms with E-state index in [9.17, 15) is 13.2 Å². The molecule has 0 saturated carbocycles. The van der Waals surface area contributed by atoms with Gasteiger partial charge < -0.3 is 13.5 Å². The van der Waals surface area contributed by atoms with Crippen LogP contribution in [0.3, 0.4) is 0 Å². The molecular weight excluding hydrogens is 560 g/mol. The molecule has 8 heteroatoms. The van der Waals surface area contributed by atoms with E-state index < -0.39 is 15.7 Å². The van der Waals surface area contributed by atoms with E-state index in [2.05, 4.69) is 11.5 Å². The SMILES string of the molecule is CCCCc1nc2ccc(OS(=O)(=O)c3ccccc3)cc2n1Cc1ccc(-c2ccccc2C(=O)OC(C)(C)C)cc1. The molecule has 0 spiro atoms. The molecule has 0 bridgehead atoms. The van der Waals surface area contributed by atoms with Crippen molar-refractivity contribution in [2.24, 2.45) is 0 Å². The summed E-state index contributed by atoms with van der Waals surface area (Å²) in [6.45, 7) is 8.25. The van der Waals surface area contributed by atoms with Crippen molar-refractivity contribution < 1.29 is 22.1 Å². The van der Waals surface area contributed by atoms with Gasteiger partial charge in [-0.2, -0.15) is 8.42 Å². The van der Waals surface area contributed by atoms with Crippen LogP contribution in [0.15, 0.2) is 102 Å². The second-order valence-corrected chi connectivity index (χ2v) is 13.0. The lowest BCUT2D eigenvalue weighted by atomic mass is 9.98. The Labute approximate surface area is 253 Å². The Bertz CT molecular complexity index is 1840. The molecule has 1 heterocycles. The topological polar surface area (TPSA) is 87.5 Å². The number of imidazole rings is 1. The molecule has 0 saturated heterocycles. The number of unbranched alkanes of at least 4 members (excludes halogenated alkanes) is 1. The first-order valence-corrected chi connectivity index (χ1v) is 15.9. The van der Waals surface area contributed by atoms with Crippen molar-refractivity contribution in [1.29, 1.82) is 0 Å². The Hall–Kier alpha value is -4.43. The number of benzene rings is 4. The number of rotatable bonds is 10. The third-order valence-electron chi connectivity index (χ3n) is 6.94. The van der Waals surface area contributed by atoms with Gasteiger partial charge in [0.1, 0.15) is 22.1 Å². The predicted octanol–water partition coefficient (Wildman–Crippen LogP) is 7.82. The van der Waals surface area contributed by atoms with Crippen LogP contribution < -0.4 is 4.18 Å². The number of fused-ring (bicyclic) bond motifs is 1. The largest absolute Gasteiger partial charge is 0.456 e. The summed E-state index contributed by atoms with van der Waals surface area (Å²) in [7, 11) is -3.97. The smallest absolute Gasteiger partial charge is 0.339 e. The predicted molar refractivity (Wildman–Crippen MR) is 169 cm³/mol. The van der Waals surface area contributed by atoms with Crippen molar-refractivity contribution in [3.63, 3.8) is 0 Å². The highest BCUT2D eigenvalue weighted by Crippen LogP contribution is 2.29. The number of nitrogens with zero attached hydrogens (tertiary/aromatic N) is 2. The molecule has 0 aliphatic rings. The lowest BCUT2D eigenvalue weighted by molar-refractivity contribution is 0.00704. The lowest BCUT2D eigenvalue weighted by Crippen LogP contribution is -2.24. The highest BCUT2D eigenvalue weighted by Gasteiger charge is 2.21. The zero-order valence-corrected chi connectivity index (χ0v) is 25.7. The monoisotopic (exact) mass is 596 g/mol. The Morgan fingerprint density at radius 3 is 2.28 bits per heavy atom. The first kappa shape index (κ1) is 30.0. The van der Waals surface area contributed by atoms with Crippen LogP contribution >= 0.6 is 0 Å². The van der Waals surface area contributed by atoms with Gasteiger partial charge in [-0.15, -0.1) is 0 Å². The standard InChI is InChI=1S/C35H36N2O5S/c1-5-6-16-33-36-31-22-21-27(42-43(39,40)28-12-8-7-9-13-28)23-32(31)37(33)24-25-17-19-26(20-18-25)29-14-10-11-15-30(29)34(38)41-35(2,3)4/h7-15,17-23H,5-6,16,24H2,1-4H3. The minimum Gasteiger partial charge on any atom is -0.456 e. The van der Waals surface area contributed by atoms with E-state index in [1.165, 1.54) is 12.1 Å². The summed E-state index contributed by atoms with van der Waals surface area (Å²) in [5.41, 5.74) is 4.26. The van der Waals surface area contributed by atoms with Gasteiger partial charge >= 0.3 is 16.1 Å². The first-order valence-electron chi connectivity index (χ1n) is 14.4. The fraction of sp³-hybridized carbons (Fsp3) is 0.257. The van der Waals surface area contributed by atoms with Crippen LogP contribution in [0.25, 0.3) is 22.2 Å². The van der Waals surface area contributed by atoms with Gasteiger partial charge in [0.05, 0.1) is 16.6 Å². The van der Waals surface area contributed by atoms with Crippen molar-refractivity contribution >= 4 is 27.1 Å². The van der Waals surface area contributed by atoms with Gasteiger partial charge in [0, 0.05) is 19.0 Å². The van der Waals surface area contributed by atoms with Gasteiger partial charge in [-0.3, -0.25) is 0 Å². The maximum Gasteiger partial charge on any atom is 0.339 e. The van der Waals surface area contributed by atoms with Crippen LogP contribution in [0, 0.1) is 0 Å². The first-order chi connectivity index (χ1) is 20.5. The Morgan fingerprint density at radius 1 is 0.884 bits per heavy atom. The average Bonchev–Trinajstić information content (AvgIpc) is 3.32. The van der Waals surface area contributed by atoms with Crippen molar-refractivity contribution in [2.75, 3.05) is 0 Å². The molecule has 0 aliphatic heterocycles. The zero-order valence-electron chi connectivity index (χ0n) is 24.9. The van der Waals surface area contributed by atoms with E-state index in [-0.39, 0.29) is 16.6 Å². The Morgan fingerprint density at radius 2 is 1.58 bits per heavy atom. The molecule has 1 aromatic heterocycles. The van der Waals surface area contributed by atoms with Crippen molar-refractivity contribution in [1.82, 2.24) is 9.55 Å². The molecule has 0 aliphatic carbocycles. The van der Waals surface area contributed by atoms with Gasteiger partial charge in [-0.25, -0.2) is 9.78 Å². The van der Waals surface area contributed by atoms with Crippen LogP contribution in [0.1, 0.15) is 62.3 Å². The number of carbonyl (C=O) groups is 1. The number of ether oxygens (including phenoxy) is 1. The third kappa shape index (κ3) is 7.14.